The molecule has 0 aromatic rings. The van der Waals surface area contributed by atoms with E-state index in [0.29, 0.717) is 51.4 Å². The van der Waals surface area contributed by atoms with Crippen molar-refractivity contribution >= 4 is 73.4 Å². The zero-order valence-corrected chi connectivity index (χ0v) is 39.0. The third-order valence-electron chi connectivity index (χ3n) is 10.5. The fourth-order valence-corrected chi connectivity index (χ4v) is 7.72. The van der Waals surface area contributed by atoms with Crippen LogP contribution in [0, 0.1) is 0 Å². The average Bonchev–Trinajstić information content (AvgIpc) is 3.16. The number of rotatable bonds is 34. The summed E-state index contributed by atoms with van der Waals surface area (Å²) < 4.78 is -0.655. The molecule has 0 bridgehead atoms. The Bertz CT molecular complexity index is 1120. The first-order valence-electron chi connectivity index (χ1n) is 21.3. The minimum absolute atomic E-state index is 0. The van der Waals surface area contributed by atoms with Crippen molar-refractivity contribution in [3.8, 4) is 0 Å². The van der Waals surface area contributed by atoms with Crippen LogP contribution < -0.4 is 20.8 Å². The number of carboxylic acids is 4. The molecule has 0 saturated carbocycles. The molecule has 59 heavy (non-hydrogen) atoms. The van der Waals surface area contributed by atoms with E-state index in [1.165, 1.54) is 0 Å². The molecule has 6 unspecified atom stereocenters. The molecule has 16 nitrogen and oxygen atoms in total. The van der Waals surface area contributed by atoms with Gasteiger partial charge in [0.1, 0.15) is 25.2 Å². The maximum Gasteiger partial charge on any atom is 2.00 e. The summed E-state index contributed by atoms with van der Waals surface area (Å²) in [5.41, 5.74) is 0. The van der Waals surface area contributed by atoms with E-state index in [9.17, 15) is 59.4 Å². The number of nitrogens with zero attached hydrogens (tertiary/aromatic N) is 2. The Morgan fingerprint density at radius 1 is 0.525 bits per heavy atom. The molecule has 0 aromatic heterocycles. The van der Waals surface area contributed by atoms with Gasteiger partial charge >= 0.3 is 49.7 Å². The van der Waals surface area contributed by atoms with Gasteiger partial charge in [0.05, 0.1) is 51.3 Å². The van der Waals surface area contributed by atoms with Gasteiger partial charge in [0.2, 0.25) is 11.8 Å². The number of amides is 2. The number of hydrogen-bond donors (Lipinski definition) is 6. The fourth-order valence-electron chi connectivity index (χ4n) is 7.72. The summed E-state index contributed by atoms with van der Waals surface area (Å²) in [7, 11) is 0. The van der Waals surface area contributed by atoms with Gasteiger partial charge in [-0.05, 0) is 38.5 Å². The maximum atomic E-state index is 12.1. The van der Waals surface area contributed by atoms with Crippen LogP contribution in [0.4, 0.5) is 0 Å². The van der Waals surface area contributed by atoms with Crippen molar-refractivity contribution in [3.63, 3.8) is 0 Å². The molecule has 0 heterocycles. The Hall–Kier alpha value is -2.60. The molecule has 0 spiro atoms. The predicted molar refractivity (Wildman–Crippen MR) is 223 cm³/mol. The van der Waals surface area contributed by atoms with Gasteiger partial charge in [0.15, 0.2) is 12.1 Å². The van der Waals surface area contributed by atoms with Crippen LogP contribution >= 0.6 is 0 Å². The molecule has 0 aromatic carbocycles. The molecule has 0 saturated heterocycles. The number of carbonyl (C=O) groups is 6. The van der Waals surface area contributed by atoms with Gasteiger partial charge in [-0.1, -0.05) is 78.7 Å². The molecule has 0 aliphatic heterocycles. The van der Waals surface area contributed by atoms with Crippen LogP contribution in [0.2, 0.25) is 0 Å². The van der Waals surface area contributed by atoms with E-state index in [2.05, 4.69) is 10.6 Å². The molecule has 6 atom stereocenters. The van der Waals surface area contributed by atoms with Gasteiger partial charge in [-0.2, -0.15) is 0 Å². The fraction of sp³-hybridized carbons (Fsp3) is 0.762. The third-order valence-corrected chi connectivity index (χ3v) is 10.5. The van der Waals surface area contributed by atoms with Crippen molar-refractivity contribution < 1.29 is 68.4 Å². The Balaban J connectivity index is -0.00000105. The molecule has 0 rings (SSSR count). The summed E-state index contributed by atoms with van der Waals surface area (Å²) in [4.78, 5) is 72.1. The van der Waals surface area contributed by atoms with E-state index in [1.54, 1.807) is 0 Å². The number of carboxylic acid groups (broad SMARTS) is 4. The van der Waals surface area contributed by atoms with E-state index in [1.807, 2.05) is 65.8 Å². The molecule has 0 aliphatic carbocycles. The third kappa shape index (κ3) is 22.7. The first-order valence-corrected chi connectivity index (χ1v) is 21.3. The van der Waals surface area contributed by atoms with Crippen molar-refractivity contribution in [1.82, 2.24) is 10.6 Å². The minimum atomic E-state index is -1.32. The van der Waals surface area contributed by atoms with Gasteiger partial charge in [0, 0.05) is 38.5 Å². The van der Waals surface area contributed by atoms with Crippen LogP contribution in [-0.4, -0.2) is 179 Å². The van der Waals surface area contributed by atoms with Gasteiger partial charge in [-0.15, -0.1) is 0 Å². The van der Waals surface area contributed by atoms with E-state index in [4.69, 9.17) is 0 Å². The largest absolute Gasteiger partial charge is 2.00 e. The normalized spacial score (nSPS) is 15.3. The van der Waals surface area contributed by atoms with Crippen LogP contribution in [0.5, 0.6) is 0 Å². The quantitative estimate of drug-likeness (QED) is 0.0304. The average molecular weight is 869 g/mol. The molecule has 336 valence electrons. The molecular formula is C42H76CaN4O12+2. The number of aliphatic hydroxyl groups is 2. The number of aliphatic hydroxyl groups excluding tert-OH is 2. The van der Waals surface area contributed by atoms with Crippen molar-refractivity contribution in [3.05, 3.63) is 24.3 Å². The van der Waals surface area contributed by atoms with Gasteiger partial charge in [-0.25, -0.2) is 9.59 Å². The SMILES string of the molecule is CC/C=C/CCC(=O)NCC[N+](CCO)(C(CCC)C(=O)[O-])C(CCC)C(=O)O.CC/C=C/CCC(=O)NCC[N+](CCO)(C(CCC)C(=O)[O-])C(CCC)C(=O)O.[Ca+2]. The molecule has 2 amide bonds. The molecule has 0 radical (unpaired) electrons. The predicted octanol–water partition coefficient (Wildman–Crippen LogP) is 1.28. The number of allylic oxidation sites excluding steroid dienone is 4. The van der Waals surface area contributed by atoms with E-state index >= 15 is 0 Å². The molecule has 0 aliphatic rings. The monoisotopic (exact) mass is 869 g/mol. The molecule has 6 N–H and O–H groups in total. The second-order valence-corrected chi connectivity index (χ2v) is 14.6. The standard InChI is InChI=1S/2C21H38N2O6.Ca/c2*1-4-7-8-9-12-19(25)22-13-14-23(15-16-24,17(10-5-2)20(26)27)18(11-6-3)21(28)29;/h2*7-8,17-18,24H,4-6,9-16H2,1-3H3,(H2-,22,25,26,27,28,29);/q;;+2/b2*8-7+;. The van der Waals surface area contributed by atoms with Crippen LogP contribution in [0.15, 0.2) is 24.3 Å². The summed E-state index contributed by atoms with van der Waals surface area (Å²) >= 11 is 0. The number of nitrogens with one attached hydrogen (secondary N) is 2. The van der Waals surface area contributed by atoms with Crippen molar-refractivity contribution in [2.45, 2.75) is 156 Å². The topological polar surface area (TPSA) is 254 Å². The van der Waals surface area contributed by atoms with Gasteiger partial charge < -0.3 is 59.8 Å². The molecule has 0 fully saturated rings. The number of aliphatic carboxylic acids is 4. The first kappa shape index (κ1) is 60.7. The van der Waals surface area contributed by atoms with E-state index in [0.717, 1.165) is 12.8 Å². The number of quaternary nitrogens is 2. The molecule has 17 heteroatoms. The summed E-state index contributed by atoms with van der Waals surface area (Å²) in [6, 6.07) is -4.12. The summed E-state index contributed by atoms with van der Waals surface area (Å²) in [6.07, 6.45) is 14.7. The zero-order valence-electron chi connectivity index (χ0n) is 36.8. The Kier molecular flexibility index (Phi) is 37.1. The summed E-state index contributed by atoms with van der Waals surface area (Å²) in [5.74, 6) is -5.18. The van der Waals surface area contributed by atoms with Crippen LogP contribution in [0.1, 0.15) is 131 Å². The van der Waals surface area contributed by atoms with E-state index in [-0.39, 0.29) is 137 Å². The van der Waals surface area contributed by atoms with Crippen LogP contribution in [0.3, 0.4) is 0 Å². The summed E-state index contributed by atoms with van der Waals surface area (Å²) in [5, 5.41) is 68.4. The first-order chi connectivity index (χ1) is 27.6. The smallest absolute Gasteiger partial charge is 0.544 e. The van der Waals surface area contributed by atoms with Crippen LogP contribution in [0.25, 0.3) is 0 Å². The second-order valence-electron chi connectivity index (χ2n) is 14.6. The van der Waals surface area contributed by atoms with Crippen molar-refractivity contribution in [1.29, 1.82) is 0 Å². The van der Waals surface area contributed by atoms with Gasteiger partial charge in [0.25, 0.3) is 0 Å². The number of carbonyl (C=O) groups excluding carboxylic acids is 4. The Morgan fingerprint density at radius 3 is 1.07 bits per heavy atom. The maximum absolute atomic E-state index is 12.1. The Morgan fingerprint density at radius 2 is 0.831 bits per heavy atom. The minimum Gasteiger partial charge on any atom is -0.544 e. The van der Waals surface area contributed by atoms with E-state index < -0.39 is 48.0 Å². The van der Waals surface area contributed by atoms with Crippen LogP contribution in [-0.2, 0) is 28.8 Å². The van der Waals surface area contributed by atoms with Crippen molar-refractivity contribution in [2.75, 3.05) is 52.5 Å². The van der Waals surface area contributed by atoms with Gasteiger partial charge in [-0.3, -0.25) is 9.59 Å². The Labute approximate surface area is 382 Å². The van der Waals surface area contributed by atoms with Crippen molar-refractivity contribution in [2.24, 2.45) is 0 Å². The second kappa shape index (κ2) is 36.1. The summed E-state index contributed by atoms with van der Waals surface area (Å²) in [6.45, 7) is 11.1. The zero-order chi connectivity index (χ0) is 44.6. The molecular weight excluding hydrogens is 793 g/mol. The number of hydrogen-bond acceptors (Lipinski definition) is 10.